The second-order valence-electron chi connectivity index (χ2n) is 6.65. The van der Waals surface area contributed by atoms with Gasteiger partial charge in [0.15, 0.2) is 11.5 Å². The Hall–Kier alpha value is -2.57. The van der Waals surface area contributed by atoms with Crippen molar-refractivity contribution in [1.82, 2.24) is 5.32 Å². The molecule has 3 rings (SSSR count). The van der Waals surface area contributed by atoms with E-state index < -0.39 is 0 Å². The van der Waals surface area contributed by atoms with Gasteiger partial charge in [-0.3, -0.25) is 0 Å². The van der Waals surface area contributed by atoms with Crippen molar-refractivity contribution < 1.29 is 18.6 Å². The highest BCUT2D eigenvalue weighted by atomic mass is 79.9. The minimum atomic E-state index is -0.263. The van der Waals surface area contributed by atoms with Gasteiger partial charge in [-0.1, -0.05) is 46.3 Å². The number of methoxy groups -OCH3 is 1. The summed E-state index contributed by atoms with van der Waals surface area (Å²) in [7, 11) is 1.68. The van der Waals surface area contributed by atoms with Gasteiger partial charge in [0, 0.05) is 23.1 Å². The van der Waals surface area contributed by atoms with Gasteiger partial charge in [0.05, 0.1) is 13.7 Å². The van der Waals surface area contributed by atoms with Gasteiger partial charge in [-0.25, -0.2) is 4.39 Å². The van der Waals surface area contributed by atoms with Gasteiger partial charge in [0.2, 0.25) is 0 Å². The molecule has 0 atom stereocenters. The molecule has 0 aliphatic heterocycles. The van der Waals surface area contributed by atoms with E-state index in [1.165, 1.54) is 12.1 Å². The van der Waals surface area contributed by atoms with Crippen LogP contribution in [0.25, 0.3) is 0 Å². The molecule has 0 saturated carbocycles. The van der Waals surface area contributed by atoms with Gasteiger partial charge in [0.25, 0.3) is 0 Å². The second-order valence-corrected chi connectivity index (χ2v) is 7.51. The number of hydrogen-bond donors (Lipinski definition) is 1. The van der Waals surface area contributed by atoms with E-state index in [9.17, 15) is 4.39 Å². The third kappa shape index (κ3) is 5.97. The zero-order valence-electron chi connectivity index (χ0n) is 17.1. The predicted molar refractivity (Wildman–Crippen MR) is 120 cm³/mol. The molecule has 0 unspecified atom stereocenters. The van der Waals surface area contributed by atoms with Crippen LogP contribution in [0, 0.1) is 5.82 Å². The summed E-state index contributed by atoms with van der Waals surface area (Å²) in [5.74, 6) is 1.92. The summed E-state index contributed by atoms with van der Waals surface area (Å²) < 4.78 is 31.1. The molecule has 0 fully saturated rings. The average molecular weight is 474 g/mol. The maximum absolute atomic E-state index is 13.1. The molecule has 0 saturated heterocycles. The third-order valence-corrected chi connectivity index (χ3v) is 5.28. The maximum Gasteiger partial charge on any atom is 0.162 e. The van der Waals surface area contributed by atoms with Crippen molar-refractivity contribution >= 4 is 15.9 Å². The summed E-state index contributed by atoms with van der Waals surface area (Å²) in [4.78, 5) is 0. The minimum absolute atomic E-state index is 0.263. The van der Waals surface area contributed by atoms with E-state index in [1.807, 2.05) is 43.3 Å². The van der Waals surface area contributed by atoms with Crippen LogP contribution in [0.3, 0.4) is 0 Å². The summed E-state index contributed by atoms with van der Waals surface area (Å²) >= 11 is 3.63. The van der Waals surface area contributed by atoms with Crippen molar-refractivity contribution in [1.29, 1.82) is 0 Å². The van der Waals surface area contributed by atoms with Crippen molar-refractivity contribution in [2.75, 3.05) is 13.7 Å². The van der Waals surface area contributed by atoms with Gasteiger partial charge in [0.1, 0.15) is 18.2 Å². The number of benzene rings is 3. The van der Waals surface area contributed by atoms with E-state index >= 15 is 0 Å². The van der Waals surface area contributed by atoms with Crippen molar-refractivity contribution in [3.8, 4) is 17.2 Å². The molecule has 3 aromatic carbocycles. The van der Waals surface area contributed by atoms with Crippen LogP contribution in [-0.4, -0.2) is 13.7 Å². The molecule has 0 aromatic heterocycles. The number of ether oxygens (including phenoxy) is 3. The van der Waals surface area contributed by atoms with E-state index in [1.54, 1.807) is 19.2 Å². The normalized spacial score (nSPS) is 10.7. The number of halogens is 2. The first-order chi connectivity index (χ1) is 14.6. The topological polar surface area (TPSA) is 39.7 Å². The van der Waals surface area contributed by atoms with Gasteiger partial charge < -0.3 is 19.5 Å². The summed E-state index contributed by atoms with van der Waals surface area (Å²) in [5.41, 5.74) is 3.04. The molecule has 30 heavy (non-hydrogen) atoms. The Morgan fingerprint density at radius 2 is 1.57 bits per heavy atom. The standard InChI is InChI=1S/C24H25BrFNO3/c1-3-29-23-12-19(15-27-14-18-6-4-5-7-22(18)28-2)21(25)13-24(23)30-16-17-8-10-20(26)11-9-17/h4-13,27H,3,14-16H2,1-2H3. The van der Waals surface area contributed by atoms with E-state index in [0.717, 1.165) is 26.9 Å². The van der Waals surface area contributed by atoms with Gasteiger partial charge in [-0.05, 0) is 48.4 Å². The first-order valence-corrected chi connectivity index (χ1v) is 10.5. The molecule has 0 bridgehead atoms. The smallest absolute Gasteiger partial charge is 0.162 e. The largest absolute Gasteiger partial charge is 0.496 e. The molecule has 0 aliphatic carbocycles. The van der Waals surface area contributed by atoms with Crippen molar-refractivity contribution in [2.24, 2.45) is 0 Å². The lowest BCUT2D eigenvalue weighted by molar-refractivity contribution is 0.268. The molecule has 4 nitrogen and oxygen atoms in total. The molecule has 0 heterocycles. The average Bonchev–Trinajstić information content (AvgIpc) is 2.76. The quantitative estimate of drug-likeness (QED) is 0.400. The maximum atomic E-state index is 13.1. The zero-order valence-corrected chi connectivity index (χ0v) is 18.7. The fourth-order valence-electron chi connectivity index (χ4n) is 3.02. The fraction of sp³-hybridized carbons (Fsp3) is 0.250. The SMILES string of the molecule is CCOc1cc(CNCc2ccccc2OC)c(Br)cc1OCc1ccc(F)cc1. The van der Waals surface area contributed by atoms with Gasteiger partial charge >= 0.3 is 0 Å². The van der Waals surface area contributed by atoms with Gasteiger partial charge in [-0.2, -0.15) is 0 Å². The van der Waals surface area contributed by atoms with E-state index in [4.69, 9.17) is 14.2 Å². The van der Waals surface area contributed by atoms with Crippen LogP contribution in [0.15, 0.2) is 65.1 Å². The second kappa shape index (κ2) is 11.0. The monoisotopic (exact) mass is 473 g/mol. The number of para-hydroxylation sites is 1. The first kappa shape index (κ1) is 22.1. The molecule has 6 heteroatoms. The van der Waals surface area contributed by atoms with E-state index in [0.29, 0.717) is 37.8 Å². The van der Waals surface area contributed by atoms with E-state index in [2.05, 4.69) is 21.2 Å². The summed E-state index contributed by atoms with van der Waals surface area (Å²) in [6.45, 7) is 4.13. The third-order valence-electron chi connectivity index (χ3n) is 4.54. The number of nitrogens with one attached hydrogen (secondary N) is 1. The predicted octanol–water partition coefficient (Wildman–Crippen LogP) is 5.86. The van der Waals surface area contributed by atoms with Crippen LogP contribution in [0.1, 0.15) is 23.6 Å². The molecule has 0 radical (unpaired) electrons. The minimum Gasteiger partial charge on any atom is -0.496 e. The molecule has 1 N–H and O–H groups in total. The van der Waals surface area contributed by atoms with Crippen LogP contribution in [-0.2, 0) is 19.7 Å². The highest BCUT2D eigenvalue weighted by Gasteiger charge is 2.12. The van der Waals surface area contributed by atoms with Crippen LogP contribution >= 0.6 is 15.9 Å². The molecule has 0 spiro atoms. The molecule has 0 amide bonds. The van der Waals surface area contributed by atoms with Crippen molar-refractivity contribution in [3.05, 3.63) is 87.6 Å². The lowest BCUT2D eigenvalue weighted by Crippen LogP contribution is -2.14. The Balaban J connectivity index is 1.68. The van der Waals surface area contributed by atoms with E-state index in [-0.39, 0.29) is 5.82 Å². The summed E-state index contributed by atoms with van der Waals surface area (Å²) in [6, 6.07) is 18.1. The highest BCUT2D eigenvalue weighted by Crippen LogP contribution is 2.34. The Labute approximate surface area is 185 Å². The summed E-state index contributed by atoms with van der Waals surface area (Å²) in [6.07, 6.45) is 0. The number of hydrogen-bond acceptors (Lipinski definition) is 4. The summed E-state index contributed by atoms with van der Waals surface area (Å²) in [5, 5.41) is 3.44. The van der Waals surface area contributed by atoms with Crippen molar-refractivity contribution in [3.63, 3.8) is 0 Å². The Bertz CT molecular complexity index is 963. The van der Waals surface area contributed by atoms with Crippen LogP contribution in [0.5, 0.6) is 17.2 Å². The highest BCUT2D eigenvalue weighted by molar-refractivity contribution is 9.10. The molecule has 3 aromatic rings. The lowest BCUT2D eigenvalue weighted by Gasteiger charge is -2.16. The molecule has 158 valence electrons. The molecular weight excluding hydrogens is 449 g/mol. The van der Waals surface area contributed by atoms with Crippen LogP contribution < -0.4 is 19.5 Å². The Morgan fingerprint density at radius 3 is 2.30 bits per heavy atom. The number of rotatable bonds is 10. The lowest BCUT2D eigenvalue weighted by atomic mass is 10.1. The molecular formula is C24H25BrFNO3. The fourth-order valence-corrected chi connectivity index (χ4v) is 3.48. The van der Waals surface area contributed by atoms with Crippen molar-refractivity contribution in [2.45, 2.75) is 26.6 Å². The molecule has 0 aliphatic rings. The Kier molecular flexibility index (Phi) is 8.11. The Morgan fingerprint density at radius 1 is 0.867 bits per heavy atom. The zero-order chi connectivity index (χ0) is 21.3. The van der Waals surface area contributed by atoms with Gasteiger partial charge in [-0.15, -0.1) is 0 Å². The van der Waals surface area contributed by atoms with Crippen LogP contribution in [0.2, 0.25) is 0 Å². The first-order valence-electron chi connectivity index (χ1n) is 9.75. The van der Waals surface area contributed by atoms with Crippen LogP contribution in [0.4, 0.5) is 4.39 Å².